The van der Waals surface area contributed by atoms with Crippen molar-refractivity contribution in [3.63, 3.8) is 0 Å². The van der Waals surface area contributed by atoms with Gasteiger partial charge in [0.2, 0.25) is 0 Å². The average molecular weight is 267 g/mol. The van der Waals surface area contributed by atoms with Crippen LogP contribution in [0.5, 0.6) is 0 Å². The van der Waals surface area contributed by atoms with Crippen molar-refractivity contribution in [3.8, 4) is 0 Å². The Kier molecular flexibility index (Phi) is 4.37. The molecule has 0 aromatic carbocycles. The molecule has 0 unspecified atom stereocenters. The molecular formula is C13H25N5O. The summed E-state index contributed by atoms with van der Waals surface area (Å²) in [6.45, 7) is 11.5. The summed E-state index contributed by atoms with van der Waals surface area (Å²) in [7, 11) is 0. The van der Waals surface area contributed by atoms with E-state index in [0.717, 1.165) is 5.56 Å². The van der Waals surface area contributed by atoms with Gasteiger partial charge in [0.15, 0.2) is 0 Å². The lowest BCUT2D eigenvalue weighted by Crippen LogP contribution is -2.51. The van der Waals surface area contributed by atoms with Gasteiger partial charge in [-0.15, -0.1) is 0 Å². The molecule has 0 saturated carbocycles. The van der Waals surface area contributed by atoms with Crippen LogP contribution in [0.3, 0.4) is 0 Å². The monoisotopic (exact) mass is 267 g/mol. The van der Waals surface area contributed by atoms with Crippen LogP contribution in [0.25, 0.3) is 0 Å². The zero-order chi connectivity index (χ0) is 14.8. The van der Waals surface area contributed by atoms with Crippen LogP contribution < -0.4 is 16.6 Å². The first-order valence-corrected chi connectivity index (χ1v) is 6.42. The van der Waals surface area contributed by atoms with E-state index >= 15 is 0 Å². The van der Waals surface area contributed by atoms with Crippen LogP contribution in [-0.2, 0) is 0 Å². The highest BCUT2D eigenvalue weighted by Gasteiger charge is 2.36. The summed E-state index contributed by atoms with van der Waals surface area (Å²) >= 11 is 0. The first-order chi connectivity index (χ1) is 8.60. The third-order valence-electron chi connectivity index (χ3n) is 3.56. The van der Waals surface area contributed by atoms with Crippen molar-refractivity contribution < 1.29 is 5.11 Å². The van der Waals surface area contributed by atoms with Gasteiger partial charge in [-0.1, -0.05) is 13.8 Å². The topological polar surface area (TPSA) is 96.1 Å². The lowest BCUT2D eigenvalue weighted by Gasteiger charge is -2.39. The van der Waals surface area contributed by atoms with Crippen LogP contribution in [0, 0.1) is 0 Å². The van der Waals surface area contributed by atoms with Crippen LogP contribution in [0.1, 0.15) is 53.0 Å². The predicted molar refractivity (Wildman–Crippen MR) is 77.9 cm³/mol. The maximum atomic E-state index is 10.2. The molecule has 6 nitrogen and oxygen atoms in total. The van der Waals surface area contributed by atoms with E-state index in [9.17, 15) is 5.11 Å². The molecule has 1 rings (SSSR count). The largest absolute Gasteiger partial charge is 0.388 e. The molecule has 1 aromatic rings. The van der Waals surface area contributed by atoms with Crippen LogP contribution >= 0.6 is 0 Å². The number of anilines is 2. The molecule has 19 heavy (non-hydrogen) atoms. The van der Waals surface area contributed by atoms with E-state index < -0.39 is 11.1 Å². The van der Waals surface area contributed by atoms with Crippen LogP contribution in [-0.4, -0.2) is 26.2 Å². The highest BCUT2D eigenvalue weighted by Crippen LogP contribution is 2.32. The van der Waals surface area contributed by atoms with Gasteiger partial charge >= 0.3 is 0 Å². The first-order valence-electron chi connectivity index (χ1n) is 6.42. The number of aliphatic hydroxyl groups is 1. The second kappa shape index (κ2) is 5.30. The summed E-state index contributed by atoms with van der Waals surface area (Å²) < 4.78 is 0. The molecular weight excluding hydrogens is 242 g/mol. The second-order valence-corrected chi connectivity index (χ2v) is 6.09. The molecule has 0 aliphatic carbocycles. The second-order valence-electron chi connectivity index (χ2n) is 6.09. The van der Waals surface area contributed by atoms with Crippen molar-refractivity contribution in [1.82, 2.24) is 9.97 Å². The van der Waals surface area contributed by atoms with Gasteiger partial charge in [0.25, 0.3) is 0 Å². The fourth-order valence-corrected chi connectivity index (χ4v) is 1.61. The number of hydrogen-bond acceptors (Lipinski definition) is 6. The summed E-state index contributed by atoms with van der Waals surface area (Å²) in [5.41, 5.74) is 2.05. The molecule has 5 N–H and O–H groups in total. The van der Waals surface area contributed by atoms with Gasteiger partial charge in [0, 0.05) is 5.56 Å². The van der Waals surface area contributed by atoms with E-state index in [2.05, 4.69) is 20.7 Å². The molecule has 0 amide bonds. The lowest BCUT2D eigenvalue weighted by atomic mass is 9.85. The van der Waals surface area contributed by atoms with E-state index in [4.69, 9.17) is 5.84 Å². The fourth-order valence-electron chi connectivity index (χ4n) is 1.61. The Morgan fingerprint density at radius 1 is 1.16 bits per heavy atom. The molecule has 1 heterocycles. The Hall–Kier alpha value is -1.40. The first kappa shape index (κ1) is 15.7. The number of nitrogens with two attached hydrogens (primary N) is 1. The molecule has 6 heteroatoms. The third-order valence-corrected chi connectivity index (χ3v) is 3.56. The molecule has 0 radical (unpaired) electrons. The molecule has 0 saturated heterocycles. The number of hydrazine groups is 1. The van der Waals surface area contributed by atoms with Crippen molar-refractivity contribution in [2.45, 2.75) is 58.6 Å². The van der Waals surface area contributed by atoms with Gasteiger partial charge in [0.05, 0.1) is 11.1 Å². The van der Waals surface area contributed by atoms with Crippen molar-refractivity contribution in [2.24, 2.45) is 5.84 Å². The Morgan fingerprint density at radius 2 is 1.68 bits per heavy atom. The molecule has 0 aliphatic heterocycles. The number of nitrogens with one attached hydrogen (secondary N) is 2. The molecule has 0 fully saturated rings. The van der Waals surface area contributed by atoms with E-state index in [0.29, 0.717) is 11.6 Å². The summed E-state index contributed by atoms with van der Waals surface area (Å²) in [6.07, 6.45) is 1.45. The van der Waals surface area contributed by atoms with Gasteiger partial charge in [-0.3, -0.25) is 0 Å². The van der Waals surface area contributed by atoms with Gasteiger partial charge in [-0.2, -0.15) is 0 Å². The molecule has 0 bridgehead atoms. The Balaban J connectivity index is 3.22. The quantitative estimate of drug-likeness (QED) is 0.480. The average Bonchev–Trinajstić information content (AvgIpc) is 2.26. The molecule has 1 aromatic heterocycles. The fraction of sp³-hybridized carbons (Fsp3) is 0.692. The predicted octanol–water partition coefficient (Wildman–Crippen LogP) is 1.85. The summed E-state index contributed by atoms with van der Waals surface area (Å²) in [4.78, 5) is 8.40. The van der Waals surface area contributed by atoms with Crippen molar-refractivity contribution in [1.29, 1.82) is 0 Å². The van der Waals surface area contributed by atoms with Crippen LogP contribution in [0.4, 0.5) is 11.6 Å². The van der Waals surface area contributed by atoms with E-state index in [1.165, 1.54) is 6.33 Å². The minimum absolute atomic E-state index is 0.201. The Labute approximate surface area is 114 Å². The summed E-state index contributed by atoms with van der Waals surface area (Å²) in [5.74, 6) is 6.97. The minimum atomic E-state index is -0.900. The van der Waals surface area contributed by atoms with E-state index in [1.54, 1.807) is 13.8 Å². The van der Waals surface area contributed by atoms with Crippen LogP contribution in [0.2, 0.25) is 0 Å². The number of rotatable bonds is 5. The zero-order valence-electron chi connectivity index (χ0n) is 12.6. The van der Waals surface area contributed by atoms with Crippen molar-refractivity contribution in [3.05, 3.63) is 11.9 Å². The highest BCUT2D eigenvalue weighted by molar-refractivity contribution is 5.59. The molecule has 0 spiro atoms. The van der Waals surface area contributed by atoms with Gasteiger partial charge < -0.3 is 15.8 Å². The standard InChI is InChI=1S/C13H25N5O/c1-8(2)9-10(15-7-16-11(9)18-14)17-12(3,4)13(5,6)19/h7-8,19H,14H2,1-6H3,(H2,15,16,17,18). The Bertz CT molecular complexity index is 437. The SMILES string of the molecule is CC(C)c1c(NN)ncnc1NC(C)(C)C(C)(C)O. The van der Waals surface area contributed by atoms with E-state index in [-0.39, 0.29) is 5.92 Å². The van der Waals surface area contributed by atoms with Gasteiger partial charge in [-0.25, -0.2) is 15.8 Å². The maximum absolute atomic E-state index is 10.2. The van der Waals surface area contributed by atoms with Gasteiger partial charge in [-0.05, 0) is 33.6 Å². The Morgan fingerprint density at radius 3 is 2.11 bits per heavy atom. The summed E-state index contributed by atoms with van der Waals surface area (Å²) in [6, 6.07) is 0. The zero-order valence-corrected chi connectivity index (χ0v) is 12.6. The number of nitrogens with zero attached hydrogens (tertiary/aromatic N) is 2. The van der Waals surface area contributed by atoms with Crippen LogP contribution in [0.15, 0.2) is 6.33 Å². The van der Waals surface area contributed by atoms with Gasteiger partial charge in [0.1, 0.15) is 18.0 Å². The third kappa shape index (κ3) is 3.33. The number of nitrogen functional groups attached to an aromatic ring is 1. The maximum Gasteiger partial charge on any atom is 0.148 e. The summed E-state index contributed by atoms with van der Waals surface area (Å²) in [5, 5.41) is 13.5. The van der Waals surface area contributed by atoms with Crippen molar-refractivity contribution in [2.75, 3.05) is 10.7 Å². The molecule has 108 valence electrons. The smallest absolute Gasteiger partial charge is 0.148 e. The highest BCUT2D eigenvalue weighted by atomic mass is 16.3. The lowest BCUT2D eigenvalue weighted by molar-refractivity contribution is 0.0238. The van der Waals surface area contributed by atoms with E-state index in [1.807, 2.05) is 27.7 Å². The minimum Gasteiger partial charge on any atom is -0.388 e. The van der Waals surface area contributed by atoms with Crippen molar-refractivity contribution >= 4 is 11.6 Å². The molecule has 0 atom stereocenters. The number of hydrogen-bond donors (Lipinski definition) is 4. The normalized spacial score (nSPS) is 12.7. The number of aromatic nitrogens is 2. The molecule has 0 aliphatic rings.